The number of Topliss-reactive ketones (excluding diaryl/α,β-unsaturated/α-hetero) is 1. The van der Waals surface area contributed by atoms with Gasteiger partial charge in [0.05, 0.1) is 39.6 Å². The quantitative estimate of drug-likeness (QED) is 0.0410. The van der Waals surface area contributed by atoms with E-state index < -0.39 is 97.0 Å². The molecule has 0 heterocycles. The highest BCUT2D eigenvalue weighted by molar-refractivity contribution is 5.97. The fourth-order valence-corrected chi connectivity index (χ4v) is 3.50. The zero-order chi connectivity index (χ0) is 35.4. The molecule has 5 unspecified atom stereocenters. The van der Waals surface area contributed by atoms with E-state index in [0.717, 1.165) is 14.2 Å². The summed E-state index contributed by atoms with van der Waals surface area (Å²) >= 11 is 0. The van der Waals surface area contributed by atoms with Gasteiger partial charge >= 0.3 is 17.9 Å². The second-order valence-corrected chi connectivity index (χ2v) is 9.93. The van der Waals surface area contributed by atoms with Gasteiger partial charge in [-0.15, -0.1) is 0 Å². The molecule has 0 spiro atoms. The van der Waals surface area contributed by atoms with Gasteiger partial charge in [0.1, 0.15) is 36.6 Å². The molecule has 46 heavy (non-hydrogen) atoms. The number of esters is 3. The number of ketones is 1. The van der Waals surface area contributed by atoms with Crippen molar-refractivity contribution in [2.45, 2.75) is 83.1 Å². The zero-order valence-electron chi connectivity index (χ0n) is 26.6. The van der Waals surface area contributed by atoms with Gasteiger partial charge in [0.2, 0.25) is 29.5 Å². The van der Waals surface area contributed by atoms with E-state index in [9.17, 15) is 43.2 Å². The lowest BCUT2D eigenvalue weighted by Gasteiger charge is -2.23. The molecule has 0 bridgehead atoms. The van der Waals surface area contributed by atoms with Gasteiger partial charge in [-0.3, -0.25) is 33.6 Å². The molecule has 0 radical (unpaired) electrons. The Balaban J connectivity index is 5.33. The van der Waals surface area contributed by atoms with Crippen molar-refractivity contribution in [1.29, 1.82) is 0 Å². The van der Waals surface area contributed by atoms with Crippen molar-refractivity contribution in [3.05, 3.63) is 12.7 Å². The van der Waals surface area contributed by atoms with Crippen LogP contribution in [-0.4, -0.2) is 111 Å². The molecule has 258 valence electrons. The topological polar surface area (TPSA) is 267 Å². The maximum Gasteiger partial charge on any atom is 0.328 e. The predicted octanol–water partition coefficient (Wildman–Crippen LogP) is -2.98. The van der Waals surface area contributed by atoms with Crippen LogP contribution in [0.2, 0.25) is 0 Å². The molecule has 18 nitrogen and oxygen atoms in total. The molecule has 0 fully saturated rings. The van der Waals surface area contributed by atoms with Gasteiger partial charge in [-0.05, 0) is 26.7 Å². The van der Waals surface area contributed by atoms with Gasteiger partial charge in [0.15, 0.2) is 0 Å². The highest BCUT2D eigenvalue weighted by Gasteiger charge is 2.30. The molecule has 0 aliphatic carbocycles. The van der Waals surface area contributed by atoms with E-state index in [1.165, 1.54) is 19.9 Å². The maximum absolute atomic E-state index is 12.8. The molecule has 0 aromatic carbocycles. The molecule has 0 aromatic rings. The van der Waals surface area contributed by atoms with Crippen LogP contribution in [0.3, 0.4) is 0 Å². The number of methoxy groups -OCH3 is 2. The first-order valence-electron chi connectivity index (χ1n) is 14.2. The Bertz CT molecular complexity index is 1140. The van der Waals surface area contributed by atoms with Crippen LogP contribution in [0.4, 0.5) is 0 Å². The minimum atomic E-state index is -1.54. The Morgan fingerprint density at radius 3 is 1.91 bits per heavy atom. The molecule has 0 saturated carbocycles. The largest absolute Gasteiger partial charge is 0.469 e. The first-order valence-corrected chi connectivity index (χ1v) is 14.2. The summed E-state index contributed by atoms with van der Waals surface area (Å²) in [4.78, 5) is 110. The van der Waals surface area contributed by atoms with Crippen LogP contribution < -0.4 is 32.3 Å². The fourth-order valence-electron chi connectivity index (χ4n) is 3.50. The number of rotatable bonds is 21. The third kappa shape index (κ3) is 16.3. The number of hydrogen-bond donors (Lipinski definition) is 6. The number of carbonyl (C=O) groups excluding carboxylic acids is 9. The van der Waals surface area contributed by atoms with Crippen molar-refractivity contribution in [3.63, 3.8) is 0 Å². The monoisotopic (exact) mass is 656 g/mol. The molecule has 0 saturated heterocycles. The van der Waals surface area contributed by atoms with Crippen LogP contribution in [0.15, 0.2) is 12.7 Å². The van der Waals surface area contributed by atoms with Crippen molar-refractivity contribution < 1.29 is 57.4 Å². The standard InChI is InChI=1S/C28H44N6O12/c1-7-11-46-28(43)19(10-9-15(3)35)33-27(42)18(8-2)32-21(36)14-30-26(41)20(13-23(38)45-6)34-24(39)16(4)31-25(40)17(29)12-22(37)44-5/h7,16-20H,1,8-14,29H2,2-6H3,(H,30,41)(H,31,40)(H,32,36)(H,33,42)(H,34,39). The van der Waals surface area contributed by atoms with Crippen molar-refractivity contribution in [2.75, 3.05) is 27.4 Å². The summed E-state index contributed by atoms with van der Waals surface area (Å²) in [6.45, 7) is 6.80. The van der Waals surface area contributed by atoms with Gasteiger partial charge in [-0.2, -0.15) is 0 Å². The molecular formula is C28H44N6O12. The molecule has 5 amide bonds. The first-order chi connectivity index (χ1) is 21.6. The second kappa shape index (κ2) is 21.8. The van der Waals surface area contributed by atoms with Gasteiger partial charge in [-0.25, -0.2) is 4.79 Å². The average molecular weight is 657 g/mol. The third-order valence-electron chi connectivity index (χ3n) is 6.15. The second-order valence-electron chi connectivity index (χ2n) is 9.93. The van der Waals surface area contributed by atoms with Crippen molar-refractivity contribution >= 4 is 53.2 Å². The summed E-state index contributed by atoms with van der Waals surface area (Å²) in [6.07, 6.45) is 0.280. The van der Waals surface area contributed by atoms with E-state index in [0.29, 0.717) is 0 Å². The van der Waals surface area contributed by atoms with Crippen molar-refractivity contribution in [2.24, 2.45) is 5.73 Å². The molecule has 0 aliphatic heterocycles. The normalized spacial score (nSPS) is 13.6. The minimum absolute atomic E-state index is 0.0132. The highest BCUT2D eigenvalue weighted by atomic mass is 16.5. The van der Waals surface area contributed by atoms with Crippen LogP contribution in [-0.2, 0) is 57.4 Å². The lowest BCUT2D eigenvalue weighted by atomic mass is 10.1. The van der Waals surface area contributed by atoms with E-state index >= 15 is 0 Å². The molecule has 7 N–H and O–H groups in total. The average Bonchev–Trinajstić information content (AvgIpc) is 3.01. The van der Waals surface area contributed by atoms with Gasteiger partial charge in [0, 0.05) is 6.42 Å². The van der Waals surface area contributed by atoms with Crippen molar-refractivity contribution in [1.82, 2.24) is 26.6 Å². The molecule has 18 heteroatoms. The van der Waals surface area contributed by atoms with E-state index in [2.05, 4.69) is 42.6 Å². The summed E-state index contributed by atoms with van der Waals surface area (Å²) in [5.41, 5.74) is 5.62. The van der Waals surface area contributed by atoms with Gasteiger partial charge < -0.3 is 51.3 Å². The number of hydrogen-bond acceptors (Lipinski definition) is 13. The van der Waals surface area contributed by atoms with E-state index in [-0.39, 0.29) is 31.7 Å². The Kier molecular flexibility index (Phi) is 19.5. The number of carbonyl (C=O) groups is 9. The Labute approximate surface area is 266 Å². The van der Waals surface area contributed by atoms with E-state index in [1.54, 1.807) is 6.92 Å². The van der Waals surface area contributed by atoms with Gasteiger partial charge in [-0.1, -0.05) is 19.6 Å². The smallest absolute Gasteiger partial charge is 0.328 e. The van der Waals surface area contributed by atoms with Crippen LogP contribution in [0.1, 0.15) is 52.9 Å². The zero-order valence-corrected chi connectivity index (χ0v) is 26.6. The van der Waals surface area contributed by atoms with Crippen LogP contribution >= 0.6 is 0 Å². The third-order valence-corrected chi connectivity index (χ3v) is 6.15. The highest BCUT2D eigenvalue weighted by Crippen LogP contribution is 2.04. The molecule has 5 atom stereocenters. The summed E-state index contributed by atoms with van der Waals surface area (Å²) in [5.74, 6) is -6.93. The fraction of sp³-hybridized carbons (Fsp3) is 0.607. The Hall–Kier alpha value is -4.87. The van der Waals surface area contributed by atoms with Crippen LogP contribution in [0, 0.1) is 0 Å². The molecule has 0 rings (SSSR count). The number of amides is 5. The number of ether oxygens (including phenoxy) is 3. The van der Waals surface area contributed by atoms with Gasteiger partial charge in [0.25, 0.3) is 0 Å². The summed E-state index contributed by atoms with van der Waals surface area (Å²) < 4.78 is 14.0. The Morgan fingerprint density at radius 1 is 0.783 bits per heavy atom. The number of nitrogens with one attached hydrogen (secondary N) is 5. The van der Waals surface area contributed by atoms with Crippen molar-refractivity contribution in [3.8, 4) is 0 Å². The van der Waals surface area contributed by atoms with E-state index in [4.69, 9.17) is 10.5 Å². The molecule has 0 aliphatic rings. The van der Waals surface area contributed by atoms with E-state index in [1.807, 2.05) is 0 Å². The minimum Gasteiger partial charge on any atom is -0.469 e. The summed E-state index contributed by atoms with van der Waals surface area (Å²) in [7, 11) is 2.16. The Morgan fingerprint density at radius 2 is 1.37 bits per heavy atom. The SMILES string of the molecule is C=CCOC(=O)C(CCC(C)=O)NC(=O)C(CC)NC(=O)CNC(=O)C(CC(=O)OC)NC(=O)C(C)NC(=O)C(N)CC(=O)OC. The molecular weight excluding hydrogens is 612 g/mol. The summed E-state index contributed by atoms with van der Waals surface area (Å²) in [6, 6.07) is -6.42. The number of nitrogens with two attached hydrogens (primary N) is 1. The summed E-state index contributed by atoms with van der Waals surface area (Å²) in [5, 5.41) is 11.6. The maximum atomic E-state index is 12.8. The van der Waals surface area contributed by atoms with Crippen LogP contribution in [0.5, 0.6) is 0 Å². The lowest BCUT2D eigenvalue weighted by molar-refractivity contribution is -0.147. The predicted molar refractivity (Wildman–Crippen MR) is 159 cm³/mol. The first kappa shape index (κ1) is 41.1. The molecule has 0 aromatic heterocycles. The lowest BCUT2D eigenvalue weighted by Crippen LogP contribution is -2.56. The van der Waals surface area contributed by atoms with Crippen LogP contribution in [0.25, 0.3) is 0 Å².